The van der Waals surface area contributed by atoms with Crippen LogP contribution in [0.4, 0.5) is 4.79 Å². The Hall–Kier alpha value is -1.26. The molecule has 0 heterocycles. The van der Waals surface area contributed by atoms with Gasteiger partial charge in [-0.3, -0.25) is 4.79 Å². The van der Waals surface area contributed by atoms with Crippen LogP contribution in [-0.2, 0) is 9.53 Å². The number of hydrogen-bond donors (Lipinski definition) is 2. The summed E-state index contributed by atoms with van der Waals surface area (Å²) < 4.78 is 5.26. The number of amides is 2. The van der Waals surface area contributed by atoms with Crippen LogP contribution in [0.3, 0.4) is 0 Å². The molecular formula is C15H28N2O3. The standard InChI is InChI=1S/C15H28N2O3/c1-10(2)13(18)16-11-7-6-8-12(9-11)17-14(19)20-15(3,4)5/h10-12H,6-9H2,1-5H3,(H,16,18)(H,17,19)/t11-,12+/m1/s1. The molecule has 1 rings (SSSR count). The molecule has 0 aromatic heterocycles. The van der Waals surface area contributed by atoms with Crippen molar-refractivity contribution < 1.29 is 14.3 Å². The Morgan fingerprint density at radius 1 is 1.10 bits per heavy atom. The van der Waals surface area contributed by atoms with Crippen LogP contribution in [0.15, 0.2) is 0 Å². The van der Waals surface area contributed by atoms with Gasteiger partial charge in [-0.2, -0.15) is 0 Å². The summed E-state index contributed by atoms with van der Waals surface area (Å²) in [6, 6.07) is 0.231. The molecule has 0 aromatic carbocycles. The lowest BCUT2D eigenvalue weighted by Gasteiger charge is -2.31. The van der Waals surface area contributed by atoms with Crippen molar-refractivity contribution in [1.82, 2.24) is 10.6 Å². The predicted octanol–water partition coefficient (Wildman–Crippen LogP) is 2.59. The summed E-state index contributed by atoms with van der Waals surface area (Å²) in [6.07, 6.45) is 3.32. The third-order valence-corrected chi connectivity index (χ3v) is 3.27. The van der Waals surface area contributed by atoms with Crippen LogP contribution in [0.5, 0.6) is 0 Å². The van der Waals surface area contributed by atoms with Crippen molar-refractivity contribution in [2.24, 2.45) is 5.92 Å². The molecule has 20 heavy (non-hydrogen) atoms. The number of carbonyl (C=O) groups excluding carboxylic acids is 2. The first kappa shape index (κ1) is 16.8. The largest absolute Gasteiger partial charge is 0.444 e. The van der Waals surface area contributed by atoms with E-state index in [1.54, 1.807) is 0 Å². The number of rotatable bonds is 3. The summed E-state index contributed by atoms with van der Waals surface area (Å²) >= 11 is 0. The van der Waals surface area contributed by atoms with Gasteiger partial charge in [-0.05, 0) is 46.5 Å². The van der Waals surface area contributed by atoms with E-state index in [1.165, 1.54) is 0 Å². The van der Waals surface area contributed by atoms with Crippen molar-refractivity contribution in [2.75, 3.05) is 0 Å². The summed E-state index contributed by atoms with van der Waals surface area (Å²) in [5.74, 6) is 0.0714. The second kappa shape index (κ2) is 6.95. The highest BCUT2D eigenvalue weighted by molar-refractivity contribution is 5.78. The Kier molecular flexibility index (Phi) is 5.84. The average Bonchev–Trinajstić information content (AvgIpc) is 2.26. The first-order valence-corrected chi connectivity index (χ1v) is 7.47. The maximum atomic E-state index is 11.7. The van der Waals surface area contributed by atoms with Gasteiger partial charge in [0.05, 0.1) is 0 Å². The van der Waals surface area contributed by atoms with E-state index in [0.29, 0.717) is 0 Å². The van der Waals surface area contributed by atoms with E-state index in [0.717, 1.165) is 25.7 Å². The van der Waals surface area contributed by atoms with Gasteiger partial charge in [0.25, 0.3) is 0 Å². The minimum atomic E-state index is -0.482. The van der Waals surface area contributed by atoms with E-state index in [9.17, 15) is 9.59 Å². The molecule has 0 aliphatic heterocycles. The van der Waals surface area contributed by atoms with Gasteiger partial charge in [-0.1, -0.05) is 13.8 Å². The number of hydrogen-bond acceptors (Lipinski definition) is 3. The Morgan fingerprint density at radius 2 is 1.65 bits per heavy atom. The molecule has 0 radical (unpaired) electrons. The van der Waals surface area contributed by atoms with Gasteiger partial charge in [0, 0.05) is 18.0 Å². The number of ether oxygens (including phenoxy) is 1. The lowest BCUT2D eigenvalue weighted by Crippen LogP contribution is -2.47. The third-order valence-electron chi connectivity index (χ3n) is 3.27. The Morgan fingerprint density at radius 3 is 2.15 bits per heavy atom. The first-order chi connectivity index (χ1) is 9.17. The zero-order chi connectivity index (χ0) is 15.3. The van der Waals surface area contributed by atoms with Crippen molar-refractivity contribution in [3.8, 4) is 0 Å². The fraction of sp³-hybridized carbons (Fsp3) is 0.867. The Bertz CT molecular complexity index is 348. The molecule has 116 valence electrons. The van der Waals surface area contributed by atoms with Crippen LogP contribution in [0, 0.1) is 5.92 Å². The van der Waals surface area contributed by atoms with Gasteiger partial charge in [-0.15, -0.1) is 0 Å². The van der Waals surface area contributed by atoms with E-state index >= 15 is 0 Å². The normalized spacial score (nSPS) is 23.3. The fourth-order valence-corrected chi connectivity index (χ4v) is 2.29. The second-order valence-electron chi connectivity index (χ2n) is 6.87. The molecule has 0 spiro atoms. The van der Waals surface area contributed by atoms with Crippen molar-refractivity contribution in [1.29, 1.82) is 0 Å². The van der Waals surface area contributed by atoms with Crippen molar-refractivity contribution in [3.63, 3.8) is 0 Å². The highest BCUT2D eigenvalue weighted by Crippen LogP contribution is 2.19. The third kappa shape index (κ3) is 6.26. The lowest BCUT2D eigenvalue weighted by molar-refractivity contribution is -0.124. The molecule has 0 aromatic rings. The molecule has 1 aliphatic carbocycles. The molecule has 5 heteroatoms. The maximum Gasteiger partial charge on any atom is 0.407 e. The summed E-state index contributed by atoms with van der Waals surface area (Å²) in [5.41, 5.74) is -0.482. The minimum Gasteiger partial charge on any atom is -0.444 e. The molecule has 0 bridgehead atoms. The average molecular weight is 284 g/mol. The predicted molar refractivity (Wildman–Crippen MR) is 78.4 cm³/mol. The molecule has 1 fully saturated rings. The van der Waals surface area contributed by atoms with E-state index in [1.807, 2.05) is 34.6 Å². The van der Waals surface area contributed by atoms with Gasteiger partial charge in [0.15, 0.2) is 0 Å². The van der Waals surface area contributed by atoms with Gasteiger partial charge in [-0.25, -0.2) is 4.79 Å². The van der Waals surface area contributed by atoms with Gasteiger partial charge in [0.2, 0.25) is 5.91 Å². The van der Waals surface area contributed by atoms with Crippen LogP contribution in [-0.4, -0.2) is 29.7 Å². The second-order valence-corrected chi connectivity index (χ2v) is 6.87. The zero-order valence-corrected chi connectivity index (χ0v) is 13.3. The maximum absolute atomic E-state index is 11.7. The molecular weight excluding hydrogens is 256 g/mol. The SMILES string of the molecule is CC(C)C(=O)N[C@@H]1CCC[C@H](NC(=O)OC(C)(C)C)C1. The van der Waals surface area contributed by atoms with Gasteiger partial charge >= 0.3 is 6.09 Å². The minimum absolute atomic E-state index is 0.00538. The zero-order valence-electron chi connectivity index (χ0n) is 13.3. The molecule has 1 saturated carbocycles. The molecule has 1 aliphatic rings. The van der Waals surface area contributed by atoms with Crippen molar-refractivity contribution >= 4 is 12.0 Å². The molecule has 5 nitrogen and oxygen atoms in total. The van der Waals surface area contributed by atoms with Crippen molar-refractivity contribution in [3.05, 3.63) is 0 Å². The molecule has 0 saturated heterocycles. The fourth-order valence-electron chi connectivity index (χ4n) is 2.29. The van der Waals surface area contributed by atoms with Crippen LogP contribution >= 0.6 is 0 Å². The molecule has 2 N–H and O–H groups in total. The van der Waals surface area contributed by atoms with Gasteiger partial charge in [0.1, 0.15) is 5.60 Å². The molecule has 2 amide bonds. The quantitative estimate of drug-likeness (QED) is 0.837. The van der Waals surface area contributed by atoms with E-state index in [-0.39, 0.29) is 30.0 Å². The summed E-state index contributed by atoms with van der Waals surface area (Å²) in [5, 5.41) is 5.93. The van der Waals surface area contributed by atoms with Crippen molar-refractivity contribution in [2.45, 2.75) is 78.0 Å². The number of carbonyl (C=O) groups is 2. The van der Waals surface area contributed by atoms with Crippen LogP contribution < -0.4 is 10.6 Å². The lowest BCUT2D eigenvalue weighted by atomic mass is 9.90. The van der Waals surface area contributed by atoms with E-state index in [2.05, 4.69) is 10.6 Å². The summed E-state index contributed by atoms with van der Waals surface area (Å²) in [7, 11) is 0. The van der Waals surface area contributed by atoms with Gasteiger partial charge < -0.3 is 15.4 Å². The number of nitrogens with one attached hydrogen (secondary N) is 2. The highest BCUT2D eigenvalue weighted by atomic mass is 16.6. The van der Waals surface area contributed by atoms with Crippen LogP contribution in [0.1, 0.15) is 60.3 Å². The van der Waals surface area contributed by atoms with E-state index in [4.69, 9.17) is 4.74 Å². The summed E-state index contributed by atoms with van der Waals surface area (Å²) in [6.45, 7) is 9.31. The number of alkyl carbamates (subject to hydrolysis) is 1. The van der Waals surface area contributed by atoms with Crippen LogP contribution in [0.25, 0.3) is 0 Å². The smallest absolute Gasteiger partial charge is 0.407 e. The monoisotopic (exact) mass is 284 g/mol. The van der Waals surface area contributed by atoms with E-state index < -0.39 is 5.60 Å². The van der Waals surface area contributed by atoms with Crippen LogP contribution in [0.2, 0.25) is 0 Å². The Balaban J connectivity index is 2.41. The highest BCUT2D eigenvalue weighted by Gasteiger charge is 2.26. The summed E-state index contributed by atoms with van der Waals surface area (Å²) in [4.78, 5) is 23.4. The molecule has 2 atom stereocenters. The topological polar surface area (TPSA) is 67.4 Å². The Labute approximate surface area is 121 Å². The first-order valence-electron chi connectivity index (χ1n) is 7.47. The molecule has 0 unspecified atom stereocenters.